The molecule has 0 aromatic heterocycles. The molecule has 0 heterocycles. The summed E-state index contributed by atoms with van der Waals surface area (Å²) in [6, 6.07) is 11.9. The Bertz CT molecular complexity index is 263. The second kappa shape index (κ2) is 5.03. The van der Waals surface area contributed by atoms with E-state index in [2.05, 4.69) is 62.6 Å². The van der Waals surface area contributed by atoms with E-state index < -0.39 is 8.07 Å². The first-order chi connectivity index (χ1) is 6.47. The van der Waals surface area contributed by atoms with E-state index in [0.29, 0.717) is 5.25 Å². The van der Waals surface area contributed by atoms with Gasteiger partial charge in [0.1, 0.15) is 0 Å². The minimum absolute atomic E-state index is 0.532. The molecule has 0 amide bonds. The van der Waals surface area contributed by atoms with E-state index >= 15 is 0 Å². The highest BCUT2D eigenvalue weighted by atomic mass is 32.1. The minimum atomic E-state index is -0.951. The van der Waals surface area contributed by atoms with Gasteiger partial charge in [-0.25, -0.2) is 0 Å². The van der Waals surface area contributed by atoms with Crippen LogP contribution in [0.25, 0.3) is 0 Å². The molecule has 0 saturated carbocycles. The van der Waals surface area contributed by atoms with E-state index in [0.717, 1.165) is 6.42 Å². The highest BCUT2D eigenvalue weighted by molar-refractivity contribution is 7.81. The predicted octanol–water partition coefficient (Wildman–Crippen LogP) is 3.87. The Labute approximate surface area is 94.2 Å². The van der Waals surface area contributed by atoms with Crippen LogP contribution >= 0.6 is 12.6 Å². The van der Waals surface area contributed by atoms with Crippen LogP contribution in [0.4, 0.5) is 0 Å². The lowest BCUT2D eigenvalue weighted by molar-refractivity contribution is 0.930. The number of hydrogen-bond acceptors (Lipinski definition) is 1. The van der Waals surface area contributed by atoms with Gasteiger partial charge in [-0.1, -0.05) is 50.0 Å². The van der Waals surface area contributed by atoms with Gasteiger partial charge in [-0.15, -0.1) is 0 Å². The molecule has 2 heteroatoms. The summed E-state index contributed by atoms with van der Waals surface area (Å²) < 4.78 is 0. The molecule has 0 aliphatic heterocycles. The Morgan fingerprint density at radius 2 is 1.71 bits per heavy atom. The first-order valence-electron chi connectivity index (χ1n) is 5.19. The van der Waals surface area contributed by atoms with Gasteiger partial charge in [0.05, 0.1) is 0 Å². The fraction of sp³-hybridized carbons (Fsp3) is 0.500. The third kappa shape index (κ3) is 4.87. The minimum Gasteiger partial charge on any atom is -0.176 e. The summed E-state index contributed by atoms with van der Waals surface area (Å²) in [5.74, 6) is 0. The second-order valence-electron chi connectivity index (χ2n) is 5.11. The molecule has 0 N–H and O–H groups in total. The molecule has 0 aliphatic rings. The van der Waals surface area contributed by atoms with Gasteiger partial charge in [0, 0.05) is 13.3 Å². The lowest BCUT2D eigenvalue weighted by Crippen LogP contribution is -2.25. The third-order valence-corrected chi connectivity index (χ3v) is 4.59. The van der Waals surface area contributed by atoms with Crippen molar-refractivity contribution in [2.24, 2.45) is 0 Å². The summed E-state index contributed by atoms with van der Waals surface area (Å²) in [6.07, 6.45) is 1.11. The number of benzene rings is 1. The Hall–Kier alpha value is -0.213. The van der Waals surface area contributed by atoms with E-state index in [9.17, 15) is 0 Å². The zero-order valence-electron chi connectivity index (χ0n) is 9.33. The fourth-order valence-electron chi connectivity index (χ4n) is 1.67. The zero-order valence-corrected chi connectivity index (χ0v) is 11.2. The fourth-order valence-corrected chi connectivity index (χ4v) is 5.08. The SMILES string of the molecule is C[Si](C)(C)CC(S)Cc1ccccc1. The maximum Gasteiger partial charge on any atom is 0.0453 e. The molecule has 1 aromatic rings. The summed E-state index contributed by atoms with van der Waals surface area (Å²) in [5.41, 5.74) is 1.41. The third-order valence-electron chi connectivity index (χ3n) is 2.16. The van der Waals surface area contributed by atoms with Crippen molar-refractivity contribution in [3.05, 3.63) is 35.9 Å². The van der Waals surface area contributed by atoms with Gasteiger partial charge in [0.15, 0.2) is 0 Å². The van der Waals surface area contributed by atoms with Crippen molar-refractivity contribution in [2.45, 2.75) is 37.4 Å². The topological polar surface area (TPSA) is 0 Å². The van der Waals surface area contributed by atoms with E-state index in [-0.39, 0.29) is 0 Å². The van der Waals surface area contributed by atoms with Crippen molar-refractivity contribution >= 4 is 20.7 Å². The molecule has 1 rings (SSSR count). The Morgan fingerprint density at radius 1 is 1.14 bits per heavy atom. The molecule has 0 spiro atoms. The van der Waals surface area contributed by atoms with Crippen LogP contribution in [0.5, 0.6) is 0 Å². The van der Waals surface area contributed by atoms with Crippen LogP contribution in [-0.4, -0.2) is 13.3 Å². The van der Waals surface area contributed by atoms with Gasteiger partial charge < -0.3 is 0 Å². The second-order valence-corrected chi connectivity index (χ2v) is 11.4. The zero-order chi connectivity index (χ0) is 10.6. The predicted molar refractivity (Wildman–Crippen MR) is 71.1 cm³/mol. The molecule has 0 nitrogen and oxygen atoms in total. The summed E-state index contributed by atoms with van der Waals surface area (Å²) in [4.78, 5) is 0. The van der Waals surface area contributed by atoms with E-state index in [4.69, 9.17) is 0 Å². The van der Waals surface area contributed by atoms with Crippen molar-refractivity contribution in [1.82, 2.24) is 0 Å². The molecule has 0 saturated heterocycles. The van der Waals surface area contributed by atoms with Gasteiger partial charge >= 0.3 is 0 Å². The average Bonchev–Trinajstić information content (AvgIpc) is 2.02. The lowest BCUT2D eigenvalue weighted by Gasteiger charge is -2.20. The van der Waals surface area contributed by atoms with Crippen LogP contribution in [0.1, 0.15) is 5.56 Å². The van der Waals surface area contributed by atoms with Crippen LogP contribution in [0.15, 0.2) is 30.3 Å². The molecule has 0 fully saturated rings. The van der Waals surface area contributed by atoms with Crippen LogP contribution < -0.4 is 0 Å². The summed E-state index contributed by atoms with van der Waals surface area (Å²) in [6.45, 7) is 7.21. The largest absolute Gasteiger partial charge is 0.176 e. The van der Waals surface area contributed by atoms with Crippen LogP contribution in [-0.2, 0) is 6.42 Å². The Morgan fingerprint density at radius 3 is 2.21 bits per heavy atom. The Balaban J connectivity index is 2.46. The van der Waals surface area contributed by atoms with Crippen LogP contribution in [0.2, 0.25) is 25.7 Å². The van der Waals surface area contributed by atoms with Crippen molar-refractivity contribution < 1.29 is 0 Å². The van der Waals surface area contributed by atoms with Crippen molar-refractivity contribution in [1.29, 1.82) is 0 Å². The van der Waals surface area contributed by atoms with Crippen LogP contribution in [0.3, 0.4) is 0 Å². The molecule has 0 radical (unpaired) electrons. The molecule has 14 heavy (non-hydrogen) atoms. The number of hydrogen-bond donors (Lipinski definition) is 1. The van der Waals surface area contributed by atoms with E-state index in [1.807, 2.05) is 0 Å². The number of rotatable bonds is 4. The standard InChI is InChI=1S/C12H20SSi/c1-14(2,3)10-12(13)9-11-7-5-4-6-8-11/h4-8,12-13H,9-10H2,1-3H3. The maximum atomic E-state index is 4.67. The van der Waals surface area contributed by atoms with Crippen molar-refractivity contribution in [3.63, 3.8) is 0 Å². The summed E-state index contributed by atoms with van der Waals surface area (Å²) >= 11 is 4.67. The van der Waals surface area contributed by atoms with Gasteiger partial charge in [-0.2, -0.15) is 12.6 Å². The molecule has 0 bridgehead atoms. The quantitative estimate of drug-likeness (QED) is 0.582. The average molecular weight is 224 g/mol. The first-order valence-corrected chi connectivity index (χ1v) is 9.42. The van der Waals surface area contributed by atoms with Crippen molar-refractivity contribution in [3.8, 4) is 0 Å². The molecule has 1 atom stereocenters. The van der Waals surface area contributed by atoms with E-state index in [1.165, 1.54) is 11.6 Å². The lowest BCUT2D eigenvalue weighted by atomic mass is 10.1. The van der Waals surface area contributed by atoms with E-state index in [1.54, 1.807) is 0 Å². The summed E-state index contributed by atoms with van der Waals surface area (Å²) in [7, 11) is -0.951. The first kappa shape index (κ1) is 11.9. The monoisotopic (exact) mass is 224 g/mol. The molecule has 1 unspecified atom stereocenters. The van der Waals surface area contributed by atoms with Gasteiger partial charge in [0.2, 0.25) is 0 Å². The van der Waals surface area contributed by atoms with Gasteiger partial charge in [-0.05, 0) is 18.0 Å². The van der Waals surface area contributed by atoms with Crippen LogP contribution in [0, 0.1) is 0 Å². The summed E-state index contributed by atoms with van der Waals surface area (Å²) in [5, 5.41) is 0.532. The van der Waals surface area contributed by atoms with Gasteiger partial charge in [-0.3, -0.25) is 0 Å². The smallest absolute Gasteiger partial charge is 0.0453 e. The molecular weight excluding hydrogens is 204 g/mol. The molecule has 0 aliphatic carbocycles. The molecule has 78 valence electrons. The maximum absolute atomic E-state index is 4.67. The molecular formula is C12H20SSi. The Kier molecular flexibility index (Phi) is 4.26. The van der Waals surface area contributed by atoms with Gasteiger partial charge in [0.25, 0.3) is 0 Å². The van der Waals surface area contributed by atoms with Crippen molar-refractivity contribution in [2.75, 3.05) is 0 Å². The highest BCUT2D eigenvalue weighted by Gasteiger charge is 2.17. The molecule has 1 aromatic carbocycles. The normalized spacial score (nSPS) is 14.0. The number of thiol groups is 1. The highest BCUT2D eigenvalue weighted by Crippen LogP contribution is 2.19.